The fraction of sp³-hybridized carbons (Fsp3) is 0.375. The Balaban J connectivity index is 1.85. The van der Waals surface area contributed by atoms with E-state index in [2.05, 4.69) is 15.3 Å². The first kappa shape index (κ1) is 17.0. The van der Waals surface area contributed by atoms with Crippen molar-refractivity contribution < 1.29 is 8.42 Å². The number of hydrogen-bond acceptors (Lipinski definition) is 6. The largest absolute Gasteiger partial charge is 0.355 e. The van der Waals surface area contributed by atoms with Crippen LogP contribution in [0.25, 0.3) is 0 Å². The van der Waals surface area contributed by atoms with Gasteiger partial charge in [-0.25, -0.2) is 13.4 Å². The van der Waals surface area contributed by atoms with Crippen molar-refractivity contribution in [3.8, 4) is 0 Å². The summed E-state index contributed by atoms with van der Waals surface area (Å²) in [6.07, 6.45) is 0.620. The van der Waals surface area contributed by atoms with E-state index in [0.717, 1.165) is 11.4 Å². The van der Waals surface area contributed by atoms with Crippen LogP contribution in [-0.4, -0.2) is 43.0 Å². The number of sulfone groups is 1. The minimum Gasteiger partial charge on any atom is -0.355 e. The molecule has 24 heavy (non-hydrogen) atoms. The average Bonchev–Trinajstić information content (AvgIpc) is 2.88. The predicted molar refractivity (Wildman–Crippen MR) is 97.0 cm³/mol. The quantitative estimate of drug-likeness (QED) is 0.896. The Labute approximate surface area is 146 Å². The topological polar surface area (TPSA) is 75.2 Å². The Bertz CT molecular complexity index is 857. The summed E-state index contributed by atoms with van der Waals surface area (Å²) in [6, 6.07) is 9.15. The van der Waals surface area contributed by atoms with Crippen molar-refractivity contribution >= 4 is 38.9 Å². The van der Waals surface area contributed by atoms with Gasteiger partial charge in [0.25, 0.3) is 0 Å². The molecule has 2 heterocycles. The number of aromatic nitrogens is 2. The van der Waals surface area contributed by atoms with Gasteiger partial charge in [0.05, 0.1) is 22.2 Å². The Morgan fingerprint density at radius 2 is 2.04 bits per heavy atom. The Kier molecular flexibility index (Phi) is 4.64. The van der Waals surface area contributed by atoms with Gasteiger partial charge in [0.2, 0.25) is 5.95 Å². The van der Waals surface area contributed by atoms with Crippen LogP contribution in [0.15, 0.2) is 30.3 Å². The maximum Gasteiger partial charge on any atom is 0.229 e. The van der Waals surface area contributed by atoms with Gasteiger partial charge in [-0.2, -0.15) is 4.98 Å². The van der Waals surface area contributed by atoms with E-state index in [1.165, 1.54) is 0 Å². The van der Waals surface area contributed by atoms with E-state index in [0.29, 0.717) is 23.2 Å². The lowest BCUT2D eigenvalue weighted by molar-refractivity contribution is 0.600. The van der Waals surface area contributed by atoms with E-state index in [-0.39, 0.29) is 17.5 Å². The molecule has 128 valence electrons. The molecule has 0 aliphatic carbocycles. The molecule has 1 aliphatic rings. The third-order valence-corrected chi connectivity index (χ3v) is 6.16. The van der Waals surface area contributed by atoms with Gasteiger partial charge >= 0.3 is 0 Å². The minimum atomic E-state index is -2.94. The molecule has 0 saturated carbocycles. The molecule has 1 atom stereocenters. The highest BCUT2D eigenvalue weighted by molar-refractivity contribution is 7.91. The first-order chi connectivity index (χ1) is 11.3. The van der Waals surface area contributed by atoms with Gasteiger partial charge in [0.15, 0.2) is 9.84 Å². The summed E-state index contributed by atoms with van der Waals surface area (Å²) in [4.78, 5) is 10.8. The molecule has 0 radical (unpaired) electrons. The fourth-order valence-corrected chi connectivity index (χ4v) is 4.70. The monoisotopic (exact) mass is 366 g/mol. The van der Waals surface area contributed by atoms with E-state index < -0.39 is 9.84 Å². The van der Waals surface area contributed by atoms with Gasteiger partial charge in [-0.05, 0) is 25.5 Å². The number of para-hydroxylation sites is 1. The summed E-state index contributed by atoms with van der Waals surface area (Å²) in [6.45, 7) is 1.88. The van der Waals surface area contributed by atoms with E-state index >= 15 is 0 Å². The fourth-order valence-electron chi connectivity index (χ4n) is 2.74. The highest BCUT2D eigenvalue weighted by Crippen LogP contribution is 2.26. The van der Waals surface area contributed by atoms with Crippen LogP contribution in [0.2, 0.25) is 5.02 Å². The lowest BCUT2D eigenvalue weighted by atomic mass is 10.2. The van der Waals surface area contributed by atoms with Crippen LogP contribution in [0.4, 0.5) is 17.5 Å². The van der Waals surface area contributed by atoms with Gasteiger partial charge < -0.3 is 10.2 Å². The summed E-state index contributed by atoms with van der Waals surface area (Å²) in [5, 5.41) is 3.70. The normalized spacial score (nSPS) is 19.2. The molecule has 1 aliphatic heterocycles. The van der Waals surface area contributed by atoms with Crippen molar-refractivity contribution in [3.05, 3.63) is 41.0 Å². The zero-order valence-electron chi connectivity index (χ0n) is 13.5. The van der Waals surface area contributed by atoms with Crippen LogP contribution in [-0.2, 0) is 9.84 Å². The predicted octanol–water partition coefficient (Wildman–Crippen LogP) is 2.81. The van der Waals surface area contributed by atoms with Crippen LogP contribution in [0.5, 0.6) is 0 Å². The van der Waals surface area contributed by atoms with E-state index in [1.807, 2.05) is 43.1 Å². The first-order valence-electron chi connectivity index (χ1n) is 7.64. The molecule has 1 saturated heterocycles. The summed E-state index contributed by atoms with van der Waals surface area (Å²) in [5.41, 5.74) is 1.52. The number of rotatable bonds is 4. The number of benzene rings is 1. The van der Waals surface area contributed by atoms with Crippen LogP contribution in [0.3, 0.4) is 0 Å². The second kappa shape index (κ2) is 6.57. The molecular weight excluding hydrogens is 348 g/mol. The molecule has 6 nitrogen and oxygen atoms in total. The van der Waals surface area contributed by atoms with Crippen molar-refractivity contribution in [2.75, 3.05) is 28.8 Å². The van der Waals surface area contributed by atoms with Gasteiger partial charge in [0.1, 0.15) is 5.82 Å². The molecule has 0 bridgehead atoms. The standard InChI is InChI=1S/C16H19ClN4O2S/c1-11-9-15(21(2)12-7-8-24(22,23)10-12)20-16(18-11)19-14-6-4-3-5-13(14)17/h3-6,9,12H,7-8,10H2,1-2H3,(H,18,19,20). The van der Waals surface area contributed by atoms with Gasteiger partial charge in [-0.3, -0.25) is 0 Å². The van der Waals surface area contributed by atoms with Crippen molar-refractivity contribution in [2.24, 2.45) is 0 Å². The zero-order chi connectivity index (χ0) is 17.3. The van der Waals surface area contributed by atoms with E-state index in [9.17, 15) is 8.42 Å². The number of aryl methyl sites for hydroxylation is 1. The number of nitrogens with one attached hydrogen (secondary N) is 1. The maximum absolute atomic E-state index is 11.7. The molecule has 1 unspecified atom stereocenters. The Morgan fingerprint density at radius 1 is 1.29 bits per heavy atom. The summed E-state index contributed by atoms with van der Waals surface area (Å²) in [7, 11) is -1.07. The van der Waals surface area contributed by atoms with Crippen LogP contribution in [0, 0.1) is 6.92 Å². The third-order valence-electron chi connectivity index (χ3n) is 4.08. The van der Waals surface area contributed by atoms with Crippen molar-refractivity contribution in [3.63, 3.8) is 0 Å². The van der Waals surface area contributed by atoms with E-state index in [1.54, 1.807) is 6.07 Å². The SMILES string of the molecule is Cc1cc(N(C)C2CCS(=O)(=O)C2)nc(Nc2ccccc2Cl)n1. The molecule has 1 fully saturated rings. The molecule has 1 N–H and O–H groups in total. The molecule has 1 aromatic heterocycles. The summed E-state index contributed by atoms with van der Waals surface area (Å²) in [5.74, 6) is 1.53. The minimum absolute atomic E-state index is 0.0579. The molecule has 2 aromatic rings. The second-order valence-electron chi connectivity index (χ2n) is 5.96. The Hall–Kier alpha value is -1.86. The van der Waals surface area contributed by atoms with E-state index in [4.69, 9.17) is 11.6 Å². The molecule has 8 heteroatoms. The first-order valence-corrected chi connectivity index (χ1v) is 9.84. The van der Waals surface area contributed by atoms with Crippen molar-refractivity contribution in [1.29, 1.82) is 0 Å². The second-order valence-corrected chi connectivity index (χ2v) is 8.60. The molecule has 0 amide bonds. The van der Waals surface area contributed by atoms with Gasteiger partial charge in [0, 0.05) is 24.8 Å². The lowest BCUT2D eigenvalue weighted by Crippen LogP contribution is -2.33. The molecule has 3 rings (SSSR count). The van der Waals surface area contributed by atoms with Crippen molar-refractivity contribution in [1.82, 2.24) is 9.97 Å². The molecule has 1 aromatic carbocycles. The smallest absolute Gasteiger partial charge is 0.229 e. The zero-order valence-corrected chi connectivity index (χ0v) is 15.1. The van der Waals surface area contributed by atoms with Crippen LogP contribution in [0.1, 0.15) is 12.1 Å². The molecule has 0 spiro atoms. The highest BCUT2D eigenvalue weighted by Gasteiger charge is 2.31. The Morgan fingerprint density at radius 3 is 2.71 bits per heavy atom. The van der Waals surface area contributed by atoms with Crippen molar-refractivity contribution in [2.45, 2.75) is 19.4 Å². The lowest BCUT2D eigenvalue weighted by Gasteiger charge is -2.25. The number of halogens is 1. The van der Waals surface area contributed by atoms with Crippen LogP contribution < -0.4 is 10.2 Å². The maximum atomic E-state index is 11.7. The molecular formula is C16H19ClN4O2S. The highest BCUT2D eigenvalue weighted by atomic mass is 35.5. The van der Waals surface area contributed by atoms with Crippen LogP contribution >= 0.6 is 11.6 Å². The number of hydrogen-bond donors (Lipinski definition) is 1. The van der Waals surface area contributed by atoms with Gasteiger partial charge in [-0.1, -0.05) is 23.7 Å². The summed E-state index contributed by atoms with van der Waals surface area (Å²) < 4.78 is 23.4. The summed E-state index contributed by atoms with van der Waals surface area (Å²) >= 11 is 6.16. The van der Waals surface area contributed by atoms with Gasteiger partial charge in [-0.15, -0.1) is 0 Å². The number of anilines is 3. The number of nitrogens with zero attached hydrogens (tertiary/aromatic N) is 3. The average molecular weight is 367 g/mol. The third kappa shape index (κ3) is 3.79.